The average Bonchev–Trinajstić information content (AvgIpc) is 2.55. The van der Waals surface area contributed by atoms with Crippen LogP contribution in [0.15, 0.2) is 30.3 Å². The Balaban J connectivity index is 2.81. The van der Waals surface area contributed by atoms with Gasteiger partial charge in [0.25, 0.3) is 0 Å². The minimum Gasteiger partial charge on any atom is -0.416 e. The summed E-state index contributed by atoms with van der Waals surface area (Å²) in [7, 11) is 1.54. The van der Waals surface area contributed by atoms with E-state index in [1.165, 1.54) is 4.73 Å². The smallest absolute Gasteiger partial charge is 0.169 e. The molecule has 66 valence electrons. The van der Waals surface area contributed by atoms with Crippen LogP contribution in [0.5, 0.6) is 0 Å². The fourth-order valence-corrected chi connectivity index (χ4v) is 1.44. The molecule has 0 saturated heterocycles. The quantitative estimate of drug-likeness (QED) is 0.648. The zero-order chi connectivity index (χ0) is 9.26. The molecule has 0 saturated carbocycles. The highest BCUT2D eigenvalue weighted by Gasteiger charge is 2.06. The number of rotatable bonds is 2. The SMILES string of the molecule is COn1c(C=O)cc2ccccc21. The van der Waals surface area contributed by atoms with Gasteiger partial charge < -0.3 is 4.84 Å². The summed E-state index contributed by atoms with van der Waals surface area (Å²) in [4.78, 5) is 15.7. The first-order chi connectivity index (χ1) is 6.36. The monoisotopic (exact) mass is 175 g/mol. The maximum Gasteiger partial charge on any atom is 0.169 e. The standard InChI is InChI=1S/C10H9NO2/c1-13-11-9(7-12)6-8-4-2-3-5-10(8)11/h2-7H,1H3. The Morgan fingerprint density at radius 2 is 2.15 bits per heavy atom. The van der Waals surface area contributed by atoms with Crippen molar-refractivity contribution in [2.45, 2.75) is 0 Å². The van der Waals surface area contributed by atoms with Gasteiger partial charge in [-0.25, -0.2) is 0 Å². The summed E-state index contributed by atoms with van der Waals surface area (Å²) in [6.45, 7) is 0. The largest absolute Gasteiger partial charge is 0.416 e. The Hall–Kier alpha value is -1.77. The van der Waals surface area contributed by atoms with Crippen LogP contribution in [-0.2, 0) is 0 Å². The zero-order valence-electron chi connectivity index (χ0n) is 7.23. The zero-order valence-corrected chi connectivity index (χ0v) is 7.23. The molecule has 0 spiro atoms. The molecule has 0 N–H and O–H groups in total. The summed E-state index contributed by atoms with van der Waals surface area (Å²) < 4.78 is 1.52. The van der Waals surface area contributed by atoms with Crippen molar-refractivity contribution in [1.82, 2.24) is 4.73 Å². The van der Waals surface area contributed by atoms with Crippen LogP contribution in [0.4, 0.5) is 0 Å². The van der Waals surface area contributed by atoms with Crippen LogP contribution in [0.2, 0.25) is 0 Å². The number of hydrogen-bond acceptors (Lipinski definition) is 2. The van der Waals surface area contributed by atoms with Crippen LogP contribution in [0.1, 0.15) is 10.5 Å². The molecule has 0 atom stereocenters. The van der Waals surface area contributed by atoms with E-state index in [2.05, 4.69) is 0 Å². The summed E-state index contributed by atoms with van der Waals surface area (Å²) in [5.74, 6) is 0. The fraction of sp³-hybridized carbons (Fsp3) is 0.100. The lowest BCUT2D eigenvalue weighted by Gasteiger charge is -2.03. The van der Waals surface area contributed by atoms with Crippen LogP contribution in [-0.4, -0.2) is 18.1 Å². The minimum absolute atomic E-state index is 0.531. The molecule has 0 aliphatic rings. The molecule has 0 amide bonds. The number of nitrogens with zero attached hydrogens (tertiary/aromatic N) is 1. The average molecular weight is 175 g/mol. The lowest BCUT2D eigenvalue weighted by atomic mass is 10.2. The van der Waals surface area contributed by atoms with Gasteiger partial charge >= 0.3 is 0 Å². The normalized spacial score (nSPS) is 10.2. The molecule has 1 aromatic heterocycles. The highest BCUT2D eigenvalue weighted by Crippen LogP contribution is 2.16. The maximum absolute atomic E-state index is 10.7. The molecule has 0 fully saturated rings. The maximum atomic E-state index is 10.7. The number of hydrogen-bond donors (Lipinski definition) is 0. The minimum atomic E-state index is 0.531. The topological polar surface area (TPSA) is 31.2 Å². The molecule has 0 aliphatic heterocycles. The summed E-state index contributed by atoms with van der Waals surface area (Å²) in [5, 5.41) is 1.01. The number of para-hydroxylation sites is 1. The Morgan fingerprint density at radius 1 is 1.38 bits per heavy atom. The van der Waals surface area contributed by atoms with E-state index in [9.17, 15) is 4.79 Å². The third-order valence-corrected chi connectivity index (χ3v) is 2.00. The number of aromatic nitrogens is 1. The highest BCUT2D eigenvalue weighted by molar-refractivity contribution is 5.88. The molecule has 3 heteroatoms. The first-order valence-corrected chi connectivity index (χ1v) is 3.97. The van der Waals surface area contributed by atoms with Gasteiger partial charge in [-0.1, -0.05) is 18.2 Å². The molecule has 2 rings (SSSR count). The second-order valence-corrected chi connectivity index (χ2v) is 2.72. The van der Waals surface area contributed by atoms with Crippen molar-refractivity contribution in [3.05, 3.63) is 36.0 Å². The van der Waals surface area contributed by atoms with Gasteiger partial charge in [-0.15, -0.1) is 0 Å². The van der Waals surface area contributed by atoms with Crippen molar-refractivity contribution in [2.24, 2.45) is 0 Å². The van der Waals surface area contributed by atoms with E-state index in [-0.39, 0.29) is 0 Å². The molecule has 1 heterocycles. The summed E-state index contributed by atoms with van der Waals surface area (Å²) >= 11 is 0. The summed E-state index contributed by atoms with van der Waals surface area (Å²) in [6, 6.07) is 9.48. The van der Waals surface area contributed by atoms with Crippen LogP contribution < -0.4 is 4.84 Å². The first kappa shape index (κ1) is 7.86. The molecule has 13 heavy (non-hydrogen) atoms. The summed E-state index contributed by atoms with van der Waals surface area (Å²) in [6.07, 6.45) is 0.781. The number of carbonyl (C=O) groups excluding carboxylic acids is 1. The molecule has 3 nitrogen and oxygen atoms in total. The Kier molecular flexibility index (Phi) is 1.77. The Labute approximate surface area is 75.5 Å². The van der Waals surface area contributed by atoms with Gasteiger partial charge in [0, 0.05) is 5.39 Å². The van der Waals surface area contributed by atoms with Gasteiger partial charge in [0.05, 0.1) is 5.52 Å². The molecule has 0 radical (unpaired) electrons. The second-order valence-electron chi connectivity index (χ2n) is 2.72. The highest BCUT2D eigenvalue weighted by atomic mass is 16.6. The van der Waals surface area contributed by atoms with E-state index in [4.69, 9.17) is 4.84 Å². The lowest BCUT2D eigenvalue weighted by molar-refractivity contribution is 0.107. The molecular formula is C10H9NO2. The van der Waals surface area contributed by atoms with E-state index in [1.807, 2.05) is 24.3 Å². The Bertz CT molecular complexity index is 445. The van der Waals surface area contributed by atoms with E-state index >= 15 is 0 Å². The number of benzene rings is 1. The third kappa shape index (κ3) is 1.09. The third-order valence-electron chi connectivity index (χ3n) is 2.00. The molecule has 0 aliphatic carbocycles. The fourth-order valence-electron chi connectivity index (χ4n) is 1.44. The lowest BCUT2D eigenvalue weighted by Crippen LogP contribution is -2.08. The van der Waals surface area contributed by atoms with Crippen LogP contribution in [0.3, 0.4) is 0 Å². The van der Waals surface area contributed by atoms with E-state index < -0.39 is 0 Å². The van der Waals surface area contributed by atoms with Gasteiger partial charge in [-0.3, -0.25) is 4.79 Å². The van der Waals surface area contributed by atoms with Gasteiger partial charge in [-0.05, 0) is 12.1 Å². The van der Waals surface area contributed by atoms with Crippen molar-refractivity contribution in [3.63, 3.8) is 0 Å². The first-order valence-electron chi connectivity index (χ1n) is 3.97. The number of fused-ring (bicyclic) bond motifs is 1. The van der Waals surface area contributed by atoms with Gasteiger partial charge in [0.1, 0.15) is 12.8 Å². The van der Waals surface area contributed by atoms with Crippen molar-refractivity contribution in [3.8, 4) is 0 Å². The molecular weight excluding hydrogens is 166 g/mol. The van der Waals surface area contributed by atoms with Gasteiger partial charge in [-0.2, -0.15) is 4.73 Å². The Morgan fingerprint density at radius 3 is 2.85 bits per heavy atom. The number of carbonyl (C=O) groups is 1. The van der Waals surface area contributed by atoms with Gasteiger partial charge in [0.2, 0.25) is 0 Å². The predicted octanol–water partition coefficient (Wildman–Crippen LogP) is 1.51. The van der Waals surface area contributed by atoms with E-state index in [1.54, 1.807) is 13.2 Å². The summed E-state index contributed by atoms with van der Waals surface area (Å²) in [5.41, 5.74) is 1.44. The predicted molar refractivity (Wildman–Crippen MR) is 49.8 cm³/mol. The van der Waals surface area contributed by atoms with E-state index in [0.29, 0.717) is 5.69 Å². The van der Waals surface area contributed by atoms with Crippen molar-refractivity contribution in [1.29, 1.82) is 0 Å². The number of aldehydes is 1. The van der Waals surface area contributed by atoms with Crippen LogP contribution in [0, 0.1) is 0 Å². The van der Waals surface area contributed by atoms with Crippen molar-refractivity contribution >= 4 is 17.2 Å². The molecule has 0 unspecified atom stereocenters. The second kappa shape index (κ2) is 2.94. The molecule has 2 aromatic rings. The van der Waals surface area contributed by atoms with Crippen LogP contribution in [0.25, 0.3) is 10.9 Å². The van der Waals surface area contributed by atoms with Crippen molar-refractivity contribution < 1.29 is 9.63 Å². The van der Waals surface area contributed by atoms with Crippen LogP contribution >= 0.6 is 0 Å². The molecule has 0 bridgehead atoms. The van der Waals surface area contributed by atoms with E-state index in [0.717, 1.165) is 17.2 Å². The van der Waals surface area contributed by atoms with Crippen molar-refractivity contribution in [2.75, 3.05) is 7.11 Å². The van der Waals surface area contributed by atoms with Gasteiger partial charge in [0.15, 0.2) is 6.29 Å². The molecule has 1 aromatic carbocycles.